The number of β-lactam (4-membered cyclic amide) rings is 1. The van der Waals surface area contributed by atoms with Crippen LogP contribution in [0.3, 0.4) is 0 Å². The lowest BCUT2D eigenvalue weighted by molar-refractivity contribution is -0.150. The van der Waals surface area contributed by atoms with Crippen LogP contribution in [0.4, 0.5) is 9.52 Å². The van der Waals surface area contributed by atoms with E-state index >= 15 is 0 Å². The van der Waals surface area contributed by atoms with Gasteiger partial charge in [0.1, 0.15) is 40.4 Å². The van der Waals surface area contributed by atoms with Gasteiger partial charge in [0.2, 0.25) is 0 Å². The summed E-state index contributed by atoms with van der Waals surface area (Å²) in [6.45, 7) is -1.50. The zero-order chi connectivity index (χ0) is 31.1. The van der Waals surface area contributed by atoms with E-state index in [1.165, 1.54) is 35.3 Å². The van der Waals surface area contributed by atoms with Crippen molar-refractivity contribution in [1.29, 1.82) is 0 Å². The SMILES string of the molecule is NC=NC(CO)CSc1cnccc1SC1=C(C(=O)O)N2C(=O)[C@@H](NC(=O)/C(=N\OCCF)c3nc(N)sc3Cl)[C@@H]2SC1. The third-order valence-corrected chi connectivity index (χ3v) is 10.7. The van der Waals surface area contributed by atoms with Gasteiger partial charge in [-0.05, 0) is 6.07 Å². The molecule has 1 unspecified atom stereocenters. The highest BCUT2D eigenvalue weighted by molar-refractivity contribution is 8.07. The number of thioether (sulfide) groups is 3. The Balaban J connectivity index is 1.52. The normalized spacial score (nSPS) is 19.3. The number of amides is 2. The first kappa shape index (κ1) is 32.8. The predicted octanol–water partition coefficient (Wildman–Crippen LogP) is 1.39. The Labute approximate surface area is 265 Å². The molecule has 2 aliphatic rings. The van der Waals surface area contributed by atoms with E-state index in [0.29, 0.717) is 15.6 Å². The van der Waals surface area contributed by atoms with Crippen LogP contribution in [0.1, 0.15) is 5.69 Å². The lowest BCUT2D eigenvalue weighted by Gasteiger charge is -2.49. The fourth-order valence-corrected chi connectivity index (χ4v) is 8.43. The minimum absolute atomic E-state index is 0.0363. The number of aliphatic imine (C=N–C) groups is 1. The number of nitrogen functional groups attached to an aromatic ring is 1. The van der Waals surface area contributed by atoms with Crippen LogP contribution in [0.15, 0.2) is 49.0 Å². The Hall–Kier alpha value is -3.10. The second-order valence-electron chi connectivity index (χ2n) is 8.44. The number of thiazole rings is 1. The summed E-state index contributed by atoms with van der Waals surface area (Å²) in [4.78, 5) is 58.7. The van der Waals surface area contributed by atoms with Gasteiger partial charge < -0.3 is 31.8 Å². The monoisotopic (exact) mass is 690 g/mol. The van der Waals surface area contributed by atoms with E-state index in [1.54, 1.807) is 18.5 Å². The van der Waals surface area contributed by atoms with E-state index in [9.17, 15) is 29.0 Å². The molecule has 2 aliphatic heterocycles. The standard InChI is InChI=1S/C23H24ClFN8O6S4/c24-18-14(31-23(27)43-18)15(32-39-4-2-25)19(35)30-16-20(36)33-17(22(37)38)13(8-41-21(16)33)42-11-1-3-28-5-12(11)40-7-10(6-34)29-9-26/h1,3,5,9-10,16,21,34H,2,4,6-8H2,(H2,26,29)(H2,27,31)(H,30,35)(H,37,38)/b32-15-/t10?,16-,21+/m1/s1. The smallest absolute Gasteiger partial charge is 0.353 e. The van der Waals surface area contributed by atoms with E-state index < -0.39 is 54.2 Å². The van der Waals surface area contributed by atoms with Crippen LogP contribution in [-0.4, -0.2) is 104 Å². The lowest BCUT2D eigenvalue weighted by atomic mass is 10.0. The number of alkyl halides is 1. The number of nitrogens with one attached hydrogen (secondary N) is 1. The van der Waals surface area contributed by atoms with E-state index in [4.69, 9.17) is 27.9 Å². The molecule has 0 saturated carbocycles. The number of carbonyl (C=O) groups excluding carboxylic acids is 2. The van der Waals surface area contributed by atoms with Crippen molar-refractivity contribution in [2.45, 2.75) is 27.2 Å². The number of fused-ring (bicyclic) bond motifs is 1. The van der Waals surface area contributed by atoms with E-state index in [-0.39, 0.29) is 33.2 Å². The molecule has 20 heteroatoms. The molecule has 3 atom stereocenters. The van der Waals surface area contributed by atoms with Gasteiger partial charge >= 0.3 is 5.97 Å². The van der Waals surface area contributed by atoms with Crippen LogP contribution in [-0.2, 0) is 19.2 Å². The Bertz CT molecular complexity index is 1480. The molecule has 2 amide bonds. The molecule has 4 rings (SSSR count). The number of carboxylic acids is 1. The largest absolute Gasteiger partial charge is 0.477 e. The van der Waals surface area contributed by atoms with Crippen LogP contribution in [0, 0.1) is 0 Å². The van der Waals surface area contributed by atoms with Crippen LogP contribution < -0.4 is 16.8 Å². The summed E-state index contributed by atoms with van der Waals surface area (Å²) in [5.74, 6) is -2.21. The number of anilines is 1. The molecular formula is C23H24ClFN8O6S4. The lowest BCUT2D eigenvalue weighted by Crippen LogP contribution is -2.71. The minimum Gasteiger partial charge on any atom is -0.477 e. The third kappa shape index (κ3) is 7.52. The van der Waals surface area contributed by atoms with Gasteiger partial charge in [0.15, 0.2) is 10.8 Å². The van der Waals surface area contributed by atoms with Crippen LogP contribution >= 0.6 is 58.2 Å². The summed E-state index contributed by atoms with van der Waals surface area (Å²) in [6.07, 6.45) is 4.30. The molecule has 230 valence electrons. The van der Waals surface area contributed by atoms with Gasteiger partial charge in [-0.15, -0.1) is 23.5 Å². The first-order valence-electron chi connectivity index (χ1n) is 12.2. The first-order chi connectivity index (χ1) is 20.7. The molecule has 43 heavy (non-hydrogen) atoms. The molecule has 14 nitrogen and oxygen atoms in total. The number of aliphatic carboxylic acids is 1. The van der Waals surface area contributed by atoms with Crippen molar-refractivity contribution in [2.24, 2.45) is 15.9 Å². The van der Waals surface area contributed by atoms with E-state index in [1.807, 2.05) is 0 Å². The molecule has 1 fully saturated rings. The van der Waals surface area contributed by atoms with Crippen molar-refractivity contribution in [3.8, 4) is 0 Å². The molecule has 7 N–H and O–H groups in total. The maximum Gasteiger partial charge on any atom is 0.353 e. The maximum absolute atomic E-state index is 13.2. The Morgan fingerprint density at radius 3 is 2.86 bits per heavy atom. The highest BCUT2D eigenvalue weighted by Gasteiger charge is 2.54. The number of aromatic nitrogens is 2. The van der Waals surface area contributed by atoms with Crippen molar-refractivity contribution >= 4 is 93.2 Å². The number of hydrogen-bond donors (Lipinski definition) is 5. The van der Waals surface area contributed by atoms with Gasteiger partial charge in [0.05, 0.1) is 19.0 Å². The Kier molecular flexibility index (Phi) is 11.5. The predicted molar refractivity (Wildman–Crippen MR) is 164 cm³/mol. The number of aliphatic hydroxyl groups excluding tert-OH is 1. The Morgan fingerprint density at radius 1 is 1.42 bits per heavy atom. The van der Waals surface area contributed by atoms with Gasteiger partial charge in [-0.2, -0.15) is 0 Å². The van der Waals surface area contributed by atoms with Crippen molar-refractivity contribution in [3.63, 3.8) is 0 Å². The number of oxime groups is 1. The summed E-state index contributed by atoms with van der Waals surface area (Å²) in [5, 5.41) is 25.1. The number of nitrogens with two attached hydrogens (primary N) is 2. The van der Waals surface area contributed by atoms with Gasteiger partial charge in [0.25, 0.3) is 11.8 Å². The number of nitrogens with zero attached hydrogens (tertiary/aromatic N) is 5. The third-order valence-electron chi connectivity index (χ3n) is 5.71. The molecule has 2 aromatic heterocycles. The molecule has 2 aromatic rings. The average molecular weight is 691 g/mol. The van der Waals surface area contributed by atoms with E-state index in [0.717, 1.165) is 27.5 Å². The van der Waals surface area contributed by atoms with Crippen molar-refractivity contribution < 1.29 is 33.8 Å². The number of aliphatic hydroxyl groups is 1. The average Bonchev–Trinajstić information content (AvgIpc) is 3.33. The molecule has 1 saturated heterocycles. The summed E-state index contributed by atoms with van der Waals surface area (Å²) in [7, 11) is 0. The van der Waals surface area contributed by atoms with Crippen molar-refractivity contribution in [1.82, 2.24) is 20.2 Å². The number of carboxylic acid groups (broad SMARTS) is 1. The number of pyridine rings is 1. The maximum atomic E-state index is 13.2. The zero-order valence-corrected chi connectivity index (χ0v) is 25.9. The number of carbonyl (C=O) groups is 3. The molecule has 0 radical (unpaired) electrons. The molecular weight excluding hydrogens is 667 g/mol. The van der Waals surface area contributed by atoms with Crippen LogP contribution in [0.5, 0.6) is 0 Å². The van der Waals surface area contributed by atoms with Crippen LogP contribution in [0.25, 0.3) is 0 Å². The van der Waals surface area contributed by atoms with E-state index in [2.05, 4.69) is 25.4 Å². The quantitative estimate of drug-likeness (QED) is 0.0473. The van der Waals surface area contributed by atoms with Crippen LogP contribution in [0.2, 0.25) is 4.34 Å². The molecule has 0 aromatic carbocycles. The fraction of sp³-hybridized carbons (Fsp3) is 0.348. The molecule has 0 aliphatic carbocycles. The molecule has 0 spiro atoms. The first-order valence-corrected chi connectivity index (χ1v) is 16.2. The number of hydrogen-bond acceptors (Lipinski definition) is 14. The summed E-state index contributed by atoms with van der Waals surface area (Å²) in [5.41, 5.74) is 10.3. The second-order valence-corrected chi connectivity index (χ2v) is 13.4. The van der Waals surface area contributed by atoms with Gasteiger partial charge in [-0.25, -0.2) is 14.2 Å². The molecule has 0 bridgehead atoms. The minimum atomic E-state index is -1.31. The zero-order valence-electron chi connectivity index (χ0n) is 21.9. The van der Waals surface area contributed by atoms with Gasteiger partial charge in [-0.3, -0.25) is 24.5 Å². The van der Waals surface area contributed by atoms with Crippen molar-refractivity contribution in [2.75, 3.05) is 37.1 Å². The summed E-state index contributed by atoms with van der Waals surface area (Å²) >= 11 is 10.8. The second kappa shape index (κ2) is 15.1. The van der Waals surface area contributed by atoms with Crippen molar-refractivity contribution in [3.05, 3.63) is 39.1 Å². The van der Waals surface area contributed by atoms with Gasteiger partial charge in [0, 0.05) is 38.6 Å². The fourth-order valence-electron chi connectivity index (χ4n) is 3.82. The summed E-state index contributed by atoms with van der Waals surface area (Å²) < 4.78 is 12.6. The Morgan fingerprint density at radius 2 is 2.21 bits per heavy atom. The highest BCUT2D eigenvalue weighted by atomic mass is 35.5. The topological polar surface area (TPSA) is 219 Å². The highest BCUT2D eigenvalue weighted by Crippen LogP contribution is 2.46. The number of rotatable bonds is 14. The number of halogens is 2. The summed E-state index contributed by atoms with van der Waals surface area (Å²) in [6, 6.07) is 0.202. The van der Waals surface area contributed by atoms with Gasteiger partial charge in [-0.1, -0.05) is 39.9 Å². The molecule has 4 heterocycles.